The molecule has 1 aliphatic carbocycles. The number of anilines is 1. The van der Waals surface area contributed by atoms with E-state index in [2.05, 4.69) is 14.9 Å². The van der Waals surface area contributed by atoms with E-state index in [1.807, 2.05) is 13.1 Å². The second-order valence-electron chi connectivity index (χ2n) is 5.36. The van der Waals surface area contributed by atoms with Gasteiger partial charge in [-0.1, -0.05) is 18.9 Å². The summed E-state index contributed by atoms with van der Waals surface area (Å²) in [7, 11) is 2.03. The zero-order chi connectivity index (χ0) is 13.2. The van der Waals surface area contributed by atoms with Gasteiger partial charge in [0.25, 0.3) is 0 Å². The Morgan fingerprint density at radius 3 is 2.84 bits per heavy atom. The van der Waals surface area contributed by atoms with Gasteiger partial charge >= 0.3 is 0 Å². The fourth-order valence-electron chi connectivity index (χ4n) is 3.01. The Balaban J connectivity index is 1.93. The molecular formula is C15H18FN3. The number of hydrogen-bond acceptors (Lipinski definition) is 3. The van der Waals surface area contributed by atoms with Crippen LogP contribution in [-0.2, 0) is 0 Å². The molecule has 100 valence electrons. The van der Waals surface area contributed by atoms with E-state index in [0.717, 1.165) is 23.7 Å². The molecule has 1 aliphatic rings. The molecule has 19 heavy (non-hydrogen) atoms. The first-order chi connectivity index (χ1) is 9.25. The molecule has 3 rings (SSSR count). The van der Waals surface area contributed by atoms with Crippen molar-refractivity contribution in [2.24, 2.45) is 5.92 Å². The Labute approximate surface area is 112 Å². The molecule has 0 aliphatic heterocycles. The van der Waals surface area contributed by atoms with Crippen LogP contribution in [-0.4, -0.2) is 23.6 Å². The quantitative estimate of drug-likeness (QED) is 0.846. The third-order valence-electron chi connectivity index (χ3n) is 3.96. The van der Waals surface area contributed by atoms with Crippen molar-refractivity contribution in [3.8, 4) is 0 Å². The Bertz CT molecular complexity index is 579. The van der Waals surface area contributed by atoms with Crippen LogP contribution in [0.2, 0.25) is 0 Å². The molecule has 1 heterocycles. The van der Waals surface area contributed by atoms with E-state index in [1.54, 1.807) is 6.07 Å². The number of nitrogens with zero attached hydrogens (tertiary/aromatic N) is 3. The molecule has 1 aromatic carbocycles. The summed E-state index contributed by atoms with van der Waals surface area (Å²) in [5, 5.41) is 0.794. The largest absolute Gasteiger partial charge is 0.359 e. The maximum atomic E-state index is 13.7. The summed E-state index contributed by atoms with van der Waals surface area (Å²) in [5.41, 5.74) is 0.408. The van der Waals surface area contributed by atoms with Crippen molar-refractivity contribution < 1.29 is 4.39 Å². The van der Waals surface area contributed by atoms with Gasteiger partial charge in [0.05, 0.1) is 0 Å². The SMILES string of the molecule is CN(CC1CCCC1)c1ncnc2c(F)cccc12. The number of hydrogen-bond donors (Lipinski definition) is 0. The van der Waals surface area contributed by atoms with E-state index in [9.17, 15) is 4.39 Å². The molecule has 1 aromatic heterocycles. The highest BCUT2D eigenvalue weighted by Crippen LogP contribution is 2.29. The second-order valence-corrected chi connectivity index (χ2v) is 5.36. The van der Waals surface area contributed by atoms with Gasteiger partial charge in [-0.15, -0.1) is 0 Å². The lowest BCUT2D eigenvalue weighted by atomic mass is 10.1. The number of fused-ring (bicyclic) bond motifs is 1. The van der Waals surface area contributed by atoms with Crippen molar-refractivity contribution >= 4 is 16.7 Å². The third kappa shape index (κ3) is 2.39. The van der Waals surface area contributed by atoms with Gasteiger partial charge in [0.15, 0.2) is 0 Å². The van der Waals surface area contributed by atoms with Crippen molar-refractivity contribution in [2.45, 2.75) is 25.7 Å². The third-order valence-corrected chi connectivity index (χ3v) is 3.96. The van der Waals surface area contributed by atoms with Crippen LogP contribution < -0.4 is 4.90 Å². The molecule has 0 saturated heterocycles. The van der Waals surface area contributed by atoms with Crippen molar-refractivity contribution in [3.63, 3.8) is 0 Å². The fraction of sp³-hybridized carbons (Fsp3) is 0.467. The van der Waals surface area contributed by atoms with Gasteiger partial charge < -0.3 is 4.90 Å². The first kappa shape index (κ1) is 12.3. The highest BCUT2D eigenvalue weighted by atomic mass is 19.1. The van der Waals surface area contributed by atoms with Crippen molar-refractivity contribution in [1.82, 2.24) is 9.97 Å². The first-order valence-electron chi connectivity index (χ1n) is 6.86. The maximum absolute atomic E-state index is 13.7. The molecule has 2 aromatic rings. The Morgan fingerprint density at radius 1 is 1.26 bits per heavy atom. The van der Waals surface area contributed by atoms with E-state index in [1.165, 1.54) is 38.1 Å². The van der Waals surface area contributed by atoms with Crippen molar-refractivity contribution in [2.75, 3.05) is 18.5 Å². The predicted octanol–water partition coefficient (Wildman–Crippen LogP) is 3.40. The van der Waals surface area contributed by atoms with Crippen LogP contribution in [0, 0.1) is 11.7 Å². The Morgan fingerprint density at radius 2 is 2.05 bits per heavy atom. The summed E-state index contributed by atoms with van der Waals surface area (Å²) in [4.78, 5) is 10.5. The average molecular weight is 259 g/mol. The number of halogens is 1. The molecule has 0 bridgehead atoms. The van der Waals surface area contributed by atoms with Gasteiger partial charge in [-0.2, -0.15) is 0 Å². The highest BCUT2D eigenvalue weighted by molar-refractivity contribution is 5.89. The van der Waals surface area contributed by atoms with Crippen LogP contribution in [0.4, 0.5) is 10.2 Å². The number of rotatable bonds is 3. The molecule has 0 N–H and O–H groups in total. The summed E-state index contributed by atoms with van der Waals surface area (Å²) in [6, 6.07) is 5.04. The van der Waals surface area contributed by atoms with Gasteiger partial charge in [0.1, 0.15) is 23.5 Å². The van der Waals surface area contributed by atoms with Crippen molar-refractivity contribution in [3.05, 3.63) is 30.3 Å². The van der Waals surface area contributed by atoms with Crippen LogP contribution in [0.25, 0.3) is 10.9 Å². The van der Waals surface area contributed by atoms with Crippen LogP contribution in [0.15, 0.2) is 24.5 Å². The lowest BCUT2D eigenvalue weighted by molar-refractivity contribution is 0.545. The monoisotopic (exact) mass is 259 g/mol. The van der Waals surface area contributed by atoms with Crippen LogP contribution >= 0.6 is 0 Å². The summed E-state index contributed by atoms with van der Waals surface area (Å²) < 4.78 is 13.7. The lowest BCUT2D eigenvalue weighted by Gasteiger charge is -2.23. The first-order valence-corrected chi connectivity index (χ1v) is 6.86. The molecule has 0 radical (unpaired) electrons. The minimum absolute atomic E-state index is 0.282. The normalized spacial score (nSPS) is 16.1. The Hall–Kier alpha value is -1.71. The molecule has 0 spiro atoms. The van der Waals surface area contributed by atoms with Crippen LogP contribution in [0.5, 0.6) is 0 Å². The zero-order valence-corrected chi connectivity index (χ0v) is 11.1. The summed E-state index contributed by atoms with van der Waals surface area (Å²) in [6.07, 6.45) is 6.70. The van der Waals surface area contributed by atoms with E-state index in [0.29, 0.717) is 5.52 Å². The lowest BCUT2D eigenvalue weighted by Crippen LogP contribution is -2.25. The van der Waals surface area contributed by atoms with Gasteiger partial charge in [-0.3, -0.25) is 0 Å². The zero-order valence-electron chi connectivity index (χ0n) is 11.1. The topological polar surface area (TPSA) is 29.0 Å². The smallest absolute Gasteiger partial charge is 0.149 e. The Kier molecular flexibility index (Phi) is 3.32. The molecule has 4 heteroatoms. The number of benzene rings is 1. The van der Waals surface area contributed by atoms with Gasteiger partial charge in [0.2, 0.25) is 0 Å². The van der Waals surface area contributed by atoms with E-state index >= 15 is 0 Å². The van der Waals surface area contributed by atoms with Gasteiger partial charge in [-0.25, -0.2) is 14.4 Å². The standard InChI is InChI=1S/C15H18FN3/c1-19(9-11-5-2-3-6-11)15-12-7-4-8-13(16)14(12)17-10-18-15/h4,7-8,10-11H,2-3,5-6,9H2,1H3. The molecule has 0 atom stereocenters. The summed E-state index contributed by atoms with van der Waals surface area (Å²) in [6.45, 7) is 0.989. The second kappa shape index (κ2) is 5.11. The minimum atomic E-state index is -0.282. The van der Waals surface area contributed by atoms with Crippen LogP contribution in [0.1, 0.15) is 25.7 Å². The average Bonchev–Trinajstić information content (AvgIpc) is 2.91. The molecular weight excluding hydrogens is 241 g/mol. The fourth-order valence-corrected chi connectivity index (χ4v) is 3.01. The minimum Gasteiger partial charge on any atom is -0.359 e. The summed E-state index contributed by atoms with van der Waals surface area (Å²) in [5.74, 6) is 1.29. The highest BCUT2D eigenvalue weighted by Gasteiger charge is 2.19. The van der Waals surface area contributed by atoms with E-state index in [-0.39, 0.29) is 5.82 Å². The molecule has 3 nitrogen and oxygen atoms in total. The molecule has 1 saturated carbocycles. The number of aromatic nitrogens is 2. The van der Waals surface area contributed by atoms with Gasteiger partial charge in [0, 0.05) is 19.0 Å². The molecule has 0 unspecified atom stereocenters. The van der Waals surface area contributed by atoms with E-state index < -0.39 is 0 Å². The van der Waals surface area contributed by atoms with E-state index in [4.69, 9.17) is 0 Å². The number of para-hydroxylation sites is 1. The van der Waals surface area contributed by atoms with Crippen molar-refractivity contribution in [1.29, 1.82) is 0 Å². The predicted molar refractivity (Wildman–Crippen MR) is 74.7 cm³/mol. The molecule has 0 amide bonds. The maximum Gasteiger partial charge on any atom is 0.149 e. The van der Waals surface area contributed by atoms with Gasteiger partial charge in [-0.05, 0) is 30.9 Å². The summed E-state index contributed by atoms with van der Waals surface area (Å²) >= 11 is 0. The van der Waals surface area contributed by atoms with Crippen LogP contribution in [0.3, 0.4) is 0 Å². The molecule has 1 fully saturated rings.